The zero-order valence-corrected chi connectivity index (χ0v) is 19.4. The summed E-state index contributed by atoms with van der Waals surface area (Å²) in [6.07, 6.45) is 3.09. The largest absolute Gasteiger partial charge is 0.325 e. The van der Waals surface area contributed by atoms with E-state index in [-0.39, 0.29) is 5.91 Å². The zero-order chi connectivity index (χ0) is 21.2. The van der Waals surface area contributed by atoms with Crippen molar-refractivity contribution in [3.05, 3.63) is 62.9 Å². The number of hydrogen-bond donors (Lipinski definition) is 1. The predicted octanol–water partition coefficient (Wildman–Crippen LogP) is 5.43. The van der Waals surface area contributed by atoms with Gasteiger partial charge in [-0.15, -0.1) is 32.9 Å². The van der Waals surface area contributed by atoms with Crippen molar-refractivity contribution in [1.29, 1.82) is 0 Å². The van der Waals surface area contributed by atoms with Crippen molar-refractivity contribution in [2.24, 2.45) is 0 Å². The number of nitrogens with one attached hydrogen (secondary N) is 1. The summed E-state index contributed by atoms with van der Waals surface area (Å²) < 4.78 is 2.23. The van der Waals surface area contributed by atoms with Crippen molar-refractivity contribution in [3.8, 4) is 11.3 Å². The molecule has 1 amide bonds. The van der Waals surface area contributed by atoms with Crippen molar-refractivity contribution in [2.45, 2.75) is 37.4 Å². The van der Waals surface area contributed by atoms with Crippen LogP contribution in [0.1, 0.15) is 34.6 Å². The lowest BCUT2D eigenvalue weighted by Crippen LogP contribution is -2.14. The molecule has 1 aromatic carbocycles. The summed E-state index contributed by atoms with van der Waals surface area (Å²) in [5.41, 5.74) is 2.71. The Kier molecular flexibility index (Phi) is 5.89. The predicted molar refractivity (Wildman–Crippen MR) is 127 cm³/mol. The van der Waals surface area contributed by atoms with Crippen LogP contribution in [0.15, 0.2) is 52.3 Å². The summed E-state index contributed by atoms with van der Waals surface area (Å²) in [4.78, 5) is 18.4. The number of hydrogen-bond acceptors (Lipinski definition) is 7. The lowest BCUT2D eigenvalue weighted by atomic mass is 10.1. The fraction of sp³-hybridized carbons (Fsp3) is 0.273. The second-order valence-electron chi connectivity index (χ2n) is 7.43. The molecule has 1 N–H and O–H groups in total. The molecule has 0 bridgehead atoms. The third kappa shape index (κ3) is 4.89. The Morgan fingerprint density at radius 1 is 1.23 bits per heavy atom. The smallest absolute Gasteiger partial charge is 0.234 e. The van der Waals surface area contributed by atoms with Crippen LogP contribution < -0.4 is 5.32 Å². The second-order valence-corrected chi connectivity index (χ2v) is 10.5. The van der Waals surface area contributed by atoms with Gasteiger partial charge in [0.05, 0.1) is 16.5 Å². The van der Waals surface area contributed by atoms with Gasteiger partial charge in [0.1, 0.15) is 5.82 Å². The van der Waals surface area contributed by atoms with Crippen molar-refractivity contribution >= 4 is 46.0 Å². The standard InChI is InChI=1S/C22H21N5OS3/c1-14-23-19(12-30-14)15-4-2-5-16(10-15)24-21(28)13-31-22-26-25-20(27(22)17-7-8-17)11-18-6-3-9-29-18/h2-6,9-10,12,17H,7-8,11,13H2,1H3,(H,24,28). The van der Waals surface area contributed by atoms with E-state index >= 15 is 0 Å². The number of aromatic nitrogens is 4. The molecule has 1 aliphatic carbocycles. The van der Waals surface area contributed by atoms with Gasteiger partial charge in [0, 0.05) is 34.0 Å². The maximum atomic E-state index is 12.6. The van der Waals surface area contributed by atoms with Gasteiger partial charge in [-0.25, -0.2) is 4.98 Å². The lowest BCUT2D eigenvalue weighted by Gasteiger charge is -2.09. The molecule has 4 aromatic rings. The molecule has 1 aliphatic rings. The van der Waals surface area contributed by atoms with Crippen LogP contribution in [0.2, 0.25) is 0 Å². The average molecular weight is 468 g/mol. The summed E-state index contributed by atoms with van der Waals surface area (Å²) >= 11 is 4.80. The Morgan fingerprint density at radius 2 is 2.13 bits per heavy atom. The normalized spacial score (nSPS) is 13.5. The van der Waals surface area contributed by atoms with Crippen LogP contribution in [0.3, 0.4) is 0 Å². The maximum absolute atomic E-state index is 12.6. The number of thioether (sulfide) groups is 1. The molecule has 158 valence electrons. The molecular formula is C22H21N5OS3. The number of anilines is 1. The average Bonchev–Trinajstić information content (AvgIpc) is 3.14. The molecule has 1 saturated carbocycles. The van der Waals surface area contributed by atoms with Gasteiger partial charge in [-0.1, -0.05) is 30.0 Å². The Morgan fingerprint density at radius 3 is 2.87 bits per heavy atom. The number of carbonyl (C=O) groups is 1. The van der Waals surface area contributed by atoms with Crippen LogP contribution in [0, 0.1) is 6.92 Å². The SMILES string of the molecule is Cc1nc(-c2cccc(NC(=O)CSc3nnc(Cc4cccs4)n3C3CC3)c2)cs1. The number of carbonyl (C=O) groups excluding carboxylic acids is 1. The van der Waals surface area contributed by atoms with Gasteiger partial charge in [0.2, 0.25) is 5.91 Å². The van der Waals surface area contributed by atoms with Crippen LogP contribution in [-0.4, -0.2) is 31.4 Å². The van der Waals surface area contributed by atoms with Gasteiger partial charge < -0.3 is 9.88 Å². The number of thiazole rings is 1. The minimum atomic E-state index is -0.0539. The highest BCUT2D eigenvalue weighted by molar-refractivity contribution is 7.99. The van der Waals surface area contributed by atoms with Crippen LogP contribution in [-0.2, 0) is 11.2 Å². The van der Waals surface area contributed by atoms with E-state index in [1.165, 1.54) is 16.6 Å². The van der Waals surface area contributed by atoms with E-state index in [1.54, 1.807) is 22.7 Å². The molecule has 0 spiro atoms. The van der Waals surface area contributed by atoms with Gasteiger partial charge in [0.25, 0.3) is 0 Å². The van der Waals surface area contributed by atoms with Crippen LogP contribution >= 0.6 is 34.4 Å². The number of aryl methyl sites for hydroxylation is 1. The molecule has 0 radical (unpaired) electrons. The van der Waals surface area contributed by atoms with Gasteiger partial charge in [-0.3, -0.25) is 4.79 Å². The highest BCUT2D eigenvalue weighted by Crippen LogP contribution is 2.39. The van der Waals surface area contributed by atoms with E-state index in [2.05, 4.69) is 42.6 Å². The first-order chi connectivity index (χ1) is 15.2. The van der Waals surface area contributed by atoms with Crippen molar-refractivity contribution < 1.29 is 4.79 Å². The summed E-state index contributed by atoms with van der Waals surface area (Å²) in [6.45, 7) is 1.99. The summed E-state index contributed by atoms with van der Waals surface area (Å²) in [7, 11) is 0. The summed E-state index contributed by atoms with van der Waals surface area (Å²) in [5.74, 6) is 1.23. The van der Waals surface area contributed by atoms with E-state index in [9.17, 15) is 4.79 Å². The molecule has 0 aliphatic heterocycles. The van der Waals surface area contributed by atoms with Gasteiger partial charge >= 0.3 is 0 Å². The Bertz CT molecular complexity index is 1190. The monoisotopic (exact) mass is 467 g/mol. The van der Waals surface area contributed by atoms with E-state index < -0.39 is 0 Å². The van der Waals surface area contributed by atoms with Crippen LogP contribution in [0.5, 0.6) is 0 Å². The van der Waals surface area contributed by atoms with E-state index in [1.807, 2.05) is 36.6 Å². The molecule has 3 aromatic heterocycles. The molecule has 9 heteroatoms. The van der Waals surface area contributed by atoms with E-state index in [0.717, 1.165) is 52.2 Å². The Labute approximate surface area is 192 Å². The topological polar surface area (TPSA) is 72.7 Å². The molecule has 0 saturated heterocycles. The van der Waals surface area contributed by atoms with E-state index in [0.29, 0.717) is 11.8 Å². The summed E-state index contributed by atoms with van der Waals surface area (Å²) in [6, 6.07) is 12.5. The number of nitrogens with zero attached hydrogens (tertiary/aromatic N) is 4. The van der Waals surface area contributed by atoms with Crippen molar-refractivity contribution in [1.82, 2.24) is 19.7 Å². The molecule has 0 atom stereocenters. The molecular weight excluding hydrogens is 446 g/mol. The van der Waals surface area contributed by atoms with Gasteiger partial charge in [0.15, 0.2) is 5.16 Å². The lowest BCUT2D eigenvalue weighted by molar-refractivity contribution is -0.113. The third-order valence-electron chi connectivity index (χ3n) is 4.95. The molecule has 5 rings (SSSR count). The fourth-order valence-electron chi connectivity index (χ4n) is 3.37. The van der Waals surface area contributed by atoms with Crippen LogP contribution in [0.4, 0.5) is 5.69 Å². The Balaban J connectivity index is 1.24. The fourth-order valence-corrected chi connectivity index (χ4v) is 5.52. The minimum Gasteiger partial charge on any atom is -0.325 e. The minimum absolute atomic E-state index is 0.0539. The first-order valence-electron chi connectivity index (χ1n) is 10.1. The van der Waals surface area contributed by atoms with Gasteiger partial charge in [-0.05, 0) is 43.3 Å². The maximum Gasteiger partial charge on any atom is 0.234 e. The highest BCUT2D eigenvalue weighted by Gasteiger charge is 2.30. The third-order valence-corrected chi connectivity index (χ3v) is 7.55. The molecule has 31 heavy (non-hydrogen) atoms. The second kappa shape index (κ2) is 8.94. The number of amides is 1. The molecule has 6 nitrogen and oxygen atoms in total. The highest BCUT2D eigenvalue weighted by atomic mass is 32.2. The van der Waals surface area contributed by atoms with E-state index in [4.69, 9.17) is 0 Å². The van der Waals surface area contributed by atoms with Crippen LogP contribution in [0.25, 0.3) is 11.3 Å². The van der Waals surface area contributed by atoms with Crippen molar-refractivity contribution in [2.75, 3.05) is 11.1 Å². The Hall–Kier alpha value is -2.49. The number of rotatable bonds is 8. The molecule has 0 unspecified atom stereocenters. The van der Waals surface area contributed by atoms with Gasteiger partial charge in [-0.2, -0.15) is 0 Å². The first kappa shape index (κ1) is 20.4. The summed E-state index contributed by atoms with van der Waals surface area (Å²) in [5, 5.41) is 17.8. The molecule has 3 heterocycles. The van der Waals surface area contributed by atoms with Crippen molar-refractivity contribution in [3.63, 3.8) is 0 Å². The zero-order valence-electron chi connectivity index (χ0n) is 16.9. The number of thiophene rings is 1. The first-order valence-corrected chi connectivity index (χ1v) is 12.8. The number of benzene rings is 1. The quantitative estimate of drug-likeness (QED) is 0.350. The molecule has 1 fully saturated rings.